The van der Waals surface area contributed by atoms with E-state index in [-0.39, 0.29) is 12.0 Å². The second-order valence-corrected chi connectivity index (χ2v) is 4.65. The minimum absolute atomic E-state index is 0.238. The number of halogens is 4. The number of aromatic nitrogens is 1. The topological polar surface area (TPSA) is 25.4 Å². The molecule has 1 aliphatic heterocycles. The molecular weight excluding hydrogens is 264 g/mol. The lowest BCUT2D eigenvalue weighted by Crippen LogP contribution is -2.38. The maximum atomic E-state index is 13.5. The van der Waals surface area contributed by atoms with E-state index >= 15 is 0 Å². The molecule has 2 heterocycles. The third kappa shape index (κ3) is 3.56. The average Bonchev–Trinajstić information content (AvgIpc) is 2.30. The van der Waals surface area contributed by atoms with Crippen LogP contribution >= 0.6 is 0 Å². The van der Waals surface area contributed by atoms with E-state index in [9.17, 15) is 17.6 Å². The molecular formula is C12H14F4N2O. The quantitative estimate of drug-likeness (QED) is 0.778. The molecule has 1 atom stereocenters. The zero-order valence-corrected chi connectivity index (χ0v) is 10.4. The molecule has 0 spiro atoms. The number of hydrogen-bond donors (Lipinski definition) is 0. The van der Waals surface area contributed by atoms with Gasteiger partial charge in [-0.05, 0) is 32.5 Å². The third-order valence-corrected chi connectivity index (χ3v) is 2.99. The van der Waals surface area contributed by atoms with Gasteiger partial charge in [0.25, 0.3) is 5.88 Å². The van der Waals surface area contributed by atoms with Gasteiger partial charge in [0.15, 0.2) is 5.82 Å². The van der Waals surface area contributed by atoms with Crippen molar-refractivity contribution in [3.05, 3.63) is 23.6 Å². The Balaban J connectivity index is 2.09. The lowest BCUT2D eigenvalue weighted by Gasteiger charge is -2.29. The molecule has 2 rings (SSSR count). The summed E-state index contributed by atoms with van der Waals surface area (Å²) in [6.45, 7) is 1.55. The maximum Gasteiger partial charge on any atom is 0.417 e. The van der Waals surface area contributed by atoms with Crippen LogP contribution < -0.4 is 4.74 Å². The van der Waals surface area contributed by atoms with Crippen molar-refractivity contribution in [3.8, 4) is 5.88 Å². The van der Waals surface area contributed by atoms with Gasteiger partial charge in [0, 0.05) is 12.7 Å². The number of hydrogen-bond acceptors (Lipinski definition) is 3. The molecule has 1 aromatic rings. The smallest absolute Gasteiger partial charge is 0.417 e. The third-order valence-electron chi connectivity index (χ3n) is 2.99. The van der Waals surface area contributed by atoms with Crippen molar-refractivity contribution < 1.29 is 22.3 Å². The van der Waals surface area contributed by atoms with E-state index in [2.05, 4.69) is 4.98 Å². The highest BCUT2D eigenvalue weighted by molar-refractivity contribution is 5.22. The SMILES string of the molecule is CN1CCCC(Oc2ncc(C(F)(F)F)cc2F)C1. The molecule has 0 amide bonds. The van der Waals surface area contributed by atoms with Crippen LogP contribution in [0, 0.1) is 5.82 Å². The number of alkyl halides is 3. The number of nitrogens with zero attached hydrogens (tertiary/aromatic N) is 2. The number of likely N-dealkylation sites (N-methyl/N-ethyl adjacent to an activating group) is 1. The summed E-state index contributed by atoms with van der Waals surface area (Å²) < 4.78 is 55.9. The molecule has 1 fully saturated rings. The first-order chi connectivity index (χ1) is 8.86. The molecule has 3 nitrogen and oxygen atoms in total. The van der Waals surface area contributed by atoms with Crippen LogP contribution in [0.2, 0.25) is 0 Å². The molecule has 0 aliphatic carbocycles. The molecule has 0 aromatic carbocycles. The molecule has 0 saturated carbocycles. The van der Waals surface area contributed by atoms with Gasteiger partial charge in [0.05, 0.1) is 5.56 Å². The monoisotopic (exact) mass is 278 g/mol. The van der Waals surface area contributed by atoms with E-state index in [1.807, 2.05) is 11.9 Å². The summed E-state index contributed by atoms with van der Waals surface area (Å²) in [5.41, 5.74) is -1.11. The summed E-state index contributed by atoms with van der Waals surface area (Å²) in [6, 6.07) is 0.412. The Hall–Kier alpha value is -1.37. The Kier molecular flexibility index (Phi) is 3.93. The van der Waals surface area contributed by atoms with Crippen LogP contribution in [0.15, 0.2) is 12.3 Å². The molecule has 19 heavy (non-hydrogen) atoms. The van der Waals surface area contributed by atoms with Crippen LogP contribution in [0.4, 0.5) is 17.6 Å². The van der Waals surface area contributed by atoms with Crippen LogP contribution in [-0.4, -0.2) is 36.1 Å². The number of pyridine rings is 1. The van der Waals surface area contributed by atoms with Gasteiger partial charge >= 0.3 is 6.18 Å². The summed E-state index contributed by atoms with van der Waals surface area (Å²) >= 11 is 0. The molecule has 7 heteroatoms. The first-order valence-corrected chi connectivity index (χ1v) is 5.94. The van der Waals surface area contributed by atoms with Crippen molar-refractivity contribution in [2.24, 2.45) is 0 Å². The van der Waals surface area contributed by atoms with E-state index in [1.54, 1.807) is 0 Å². The Morgan fingerprint density at radius 2 is 2.16 bits per heavy atom. The summed E-state index contributed by atoms with van der Waals surface area (Å²) in [4.78, 5) is 5.45. The fourth-order valence-corrected chi connectivity index (χ4v) is 2.04. The molecule has 106 valence electrons. The summed E-state index contributed by atoms with van der Waals surface area (Å²) in [7, 11) is 1.91. The number of ether oxygens (including phenoxy) is 1. The Morgan fingerprint density at radius 3 is 2.74 bits per heavy atom. The van der Waals surface area contributed by atoms with Gasteiger partial charge in [0.2, 0.25) is 0 Å². The fourth-order valence-electron chi connectivity index (χ4n) is 2.04. The van der Waals surface area contributed by atoms with E-state index in [0.717, 1.165) is 19.4 Å². The summed E-state index contributed by atoms with van der Waals surface area (Å²) in [5.74, 6) is -1.45. The minimum atomic E-state index is -4.60. The van der Waals surface area contributed by atoms with Crippen molar-refractivity contribution in [2.45, 2.75) is 25.1 Å². The van der Waals surface area contributed by atoms with Crippen LogP contribution in [0.3, 0.4) is 0 Å². The fraction of sp³-hybridized carbons (Fsp3) is 0.583. The maximum absolute atomic E-state index is 13.5. The van der Waals surface area contributed by atoms with Gasteiger partial charge in [-0.1, -0.05) is 0 Å². The molecule has 1 unspecified atom stereocenters. The lowest BCUT2D eigenvalue weighted by atomic mass is 10.1. The van der Waals surface area contributed by atoms with Crippen molar-refractivity contribution in [1.29, 1.82) is 0 Å². The highest BCUT2D eigenvalue weighted by Crippen LogP contribution is 2.31. The molecule has 1 saturated heterocycles. The predicted octanol–water partition coefficient (Wildman–Crippen LogP) is 2.71. The van der Waals surface area contributed by atoms with Gasteiger partial charge in [-0.15, -0.1) is 0 Å². The average molecular weight is 278 g/mol. The van der Waals surface area contributed by atoms with Gasteiger partial charge in [-0.3, -0.25) is 0 Å². The minimum Gasteiger partial charge on any atom is -0.471 e. The van der Waals surface area contributed by atoms with Crippen LogP contribution in [0.25, 0.3) is 0 Å². The highest BCUT2D eigenvalue weighted by Gasteiger charge is 2.32. The van der Waals surface area contributed by atoms with Gasteiger partial charge in [-0.25, -0.2) is 9.37 Å². The first kappa shape index (κ1) is 14.0. The van der Waals surface area contributed by atoms with E-state index in [0.29, 0.717) is 18.8 Å². The van der Waals surface area contributed by atoms with Crippen LogP contribution in [0.1, 0.15) is 18.4 Å². The summed E-state index contributed by atoms with van der Waals surface area (Å²) in [6.07, 6.45) is -2.60. The van der Waals surface area contributed by atoms with Gasteiger partial charge < -0.3 is 9.64 Å². The largest absolute Gasteiger partial charge is 0.471 e. The van der Waals surface area contributed by atoms with Crippen LogP contribution in [-0.2, 0) is 6.18 Å². The molecule has 1 aromatic heterocycles. The number of likely N-dealkylation sites (tertiary alicyclic amines) is 1. The van der Waals surface area contributed by atoms with E-state index in [4.69, 9.17) is 4.74 Å². The molecule has 1 aliphatic rings. The first-order valence-electron chi connectivity index (χ1n) is 5.94. The molecule has 0 bridgehead atoms. The number of rotatable bonds is 2. The molecule has 0 radical (unpaired) electrons. The van der Waals surface area contributed by atoms with Crippen molar-refractivity contribution >= 4 is 0 Å². The summed E-state index contributed by atoms with van der Waals surface area (Å²) in [5, 5.41) is 0. The van der Waals surface area contributed by atoms with Crippen LogP contribution in [0.5, 0.6) is 5.88 Å². The lowest BCUT2D eigenvalue weighted by molar-refractivity contribution is -0.138. The van der Waals surface area contributed by atoms with Crippen molar-refractivity contribution in [1.82, 2.24) is 9.88 Å². The molecule has 0 N–H and O–H groups in total. The Morgan fingerprint density at radius 1 is 1.42 bits per heavy atom. The standard InChI is InChI=1S/C12H14F4N2O/c1-18-4-2-3-9(7-18)19-11-10(13)5-8(6-17-11)12(14,15)16/h5-6,9H,2-4,7H2,1H3. The second-order valence-electron chi connectivity index (χ2n) is 4.65. The highest BCUT2D eigenvalue weighted by atomic mass is 19.4. The van der Waals surface area contributed by atoms with E-state index in [1.165, 1.54) is 0 Å². The van der Waals surface area contributed by atoms with Gasteiger partial charge in [0.1, 0.15) is 6.10 Å². The van der Waals surface area contributed by atoms with Crippen molar-refractivity contribution in [3.63, 3.8) is 0 Å². The van der Waals surface area contributed by atoms with Crippen molar-refractivity contribution in [2.75, 3.05) is 20.1 Å². The Labute approximate surface area is 108 Å². The zero-order chi connectivity index (χ0) is 14.0. The van der Waals surface area contributed by atoms with Gasteiger partial charge in [-0.2, -0.15) is 13.2 Å². The zero-order valence-electron chi connectivity index (χ0n) is 10.4. The van der Waals surface area contributed by atoms with E-state index < -0.39 is 17.6 Å². The second kappa shape index (κ2) is 5.32. The number of piperidine rings is 1. The normalized spacial score (nSPS) is 21.4. The predicted molar refractivity (Wildman–Crippen MR) is 60.3 cm³/mol. The Bertz CT molecular complexity index is 450.